The summed E-state index contributed by atoms with van der Waals surface area (Å²) in [7, 11) is 1.65. The monoisotopic (exact) mass is 280 g/mol. The van der Waals surface area contributed by atoms with E-state index in [0.717, 1.165) is 27.8 Å². The number of ether oxygens (including phenoxy) is 2. The Hall–Kier alpha value is -2.59. The highest BCUT2D eigenvalue weighted by atomic mass is 16.5. The number of hydrogen-bond donors (Lipinski definition) is 1. The van der Waals surface area contributed by atoms with Gasteiger partial charge in [0.25, 0.3) is 0 Å². The Balaban J connectivity index is 2.04. The number of rotatable bonds is 4. The van der Waals surface area contributed by atoms with Crippen LogP contribution in [0.15, 0.2) is 54.7 Å². The average Bonchev–Trinajstić information content (AvgIpc) is 2.55. The molecule has 4 nitrogen and oxygen atoms in total. The zero-order valence-electron chi connectivity index (χ0n) is 11.7. The van der Waals surface area contributed by atoms with Crippen LogP contribution in [-0.4, -0.2) is 12.1 Å². The molecule has 0 bridgehead atoms. The SMILES string of the molecule is COc1cccc2c(Oc3cccc(CN)c3)nccc12. The number of pyridine rings is 1. The molecule has 0 amide bonds. The second-order valence-corrected chi connectivity index (χ2v) is 4.63. The van der Waals surface area contributed by atoms with Gasteiger partial charge in [0.15, 0.2) is 0 Å². The van der Waals surface area contributed by atoms with Crippen LogP contribution >= 0.6 is 0 Å². The van der Waals surface area contributed by atoms with E-state index in [1.807, 2.05) is 48.5 Å². The highest BCUT2D eigenvalue weighted by Crippen LogP contribution is 2.32. The van der Waals surface area contributed by atoms with Crippen LogP contribution in [0.3, 0.4) is 0 Å². The summed E-state index contributed by atoms with van der Waals surface area (Å²) < 4.78 is 11.3. The van der Waals surface area contributed by atoms with Gasteiger partial charge in [-0.15, -0.1) is 0 Å². The summed E-state index contributed by atoms with van der Waals surface area (Å²) in [6.07, 6.45) is 1.72. The molecule has 0 radical (unpaired) electrons. The second kappa shape index (κ2) is 5.81. The zero-order chi connectivity index (χ0) is 14.7. The average molecular weight is 280 g/mol. The van der Waals surface area contributed by atoms with Gasteiger partial charge in [0.1, 0.15) is 11.5 Å². The van der Waals surface area contributed by atoms with Gasteiger partial charge in [-0.1, -0.05) is 18.2 Å². The maximum absolute atomic E-state index is 5.91. The molecule has 0 saturated heterocycles. The lowest BCUT2D eigenvalue weighted by atomic mass is 10.1. The predicted molar refractivity (Wildman–Crippen MR) is 82.7 cm³/mol. The van der Waals surface area contributed by atoms with Crippen LogP contribution < -0.4 is 15.2 Å². The van der Waals surface area contributed by atoms with Gasteiger partial charge in [0, 0.05) is 23.5 Å². The molecule has 21 heavy (non-hydrogen) atoms. The number of nitrogens with zero attached hydrogens (tertiary/aromatic N) is 1. The van der Waals surface area contributed by atoms with E-state index in [-0.39, 0.29) is 0 Å². The molecule has 106 valence electrons. The number of fused-ring (bicyclic) bond motifs is 1. The number of hydrogen-bond acceptors (Lipinski definition) is 4. The molecule has 0 aliphatic carbocycles. The van der Waals surface area contributed by atoms with Crippen molar-refractivity contribution in [1.29, 1.82) is 0 Å². The highest BCUT2D eigenvalue weighted by molar-refractivity contribution is 5.91. The van der Waals surface area contributed by atoms with E-state index in [0.29, 0.717) is 12.4 Å². The minimum atomic E-state index is 0.480. The maximum Gasteiger partial charge on any atom is 0.227 e. The Morgan fingerprint density at radius 1 is 1.05 bits per heavy atom. The molecule has 0 aliphatic rings. The fraction of sp³-hybridized carbons (Fsp3) is 0.118. The summed E-state index contributed by atoms with van der Waals surface area (Å²) in [6.45, 7) is 0.480. The van der Waals surface area contributed by atoms with Gasteiger partial charge in [-0.25, -0.2) is 4.98 Å². The van der Waals surface area contributed by atoms with E-state index in [1.165, 1.54) is 0 Å². The van der Waals surface area contributed by atoms with Crippen LogP contribution in [0.1, 0.15) is 5.56 Å². The molecule has 0 atom stereocenters. The zero-order valence-corrected chi connectivity index (χ0v) is 11.7. The van der Waals surface area contributed by atoms with Crippen LogP contribution in [0, 0.1) is 0 Å². The van der Waals surface area contributed by atoms with Gasteiger partial charge in [-0.2, -0.15) is 0 Å². The van der Waals surface area contributed by atoms with Gasteiger partial charge < -0.3 is 15.2 Å². The first kappa shape index (κ1) is 13.4. The molecule has 4 heteroatoms. The standard InChI is InChI=1S/C17H16N2O2/c1-20-16-7-3-6-15-14(16)8-9-19-17(15)21-13-5-2-4-12(10-13)11-18/h2-10H,11,18H2,1H3. The van der Waals surface area contributed by atoms with Crippen LogP contribution in [-0.2, 0) is 6.54 Å². The Kier molecular flexibility index (Phi) is 3.71. The van der Waals surface area contributed by atoms with E-state index in [2.05, 4.69) is 4.98 Å². The first-order valence-corrected chi connectivity index (χ1v) is 6.70. The predicted octanol–water partition coefficient (Wildman–Crippen LogP) is 3.49. The molecule has 0 unspecified atom stereocenters. The van der Waals surface area contributed by atoms with Gasteiger partial charge in [-0.3, -0.25) is 0 Å². The van der Waals surface area contributed by atoms with Crippen molar-refractivity contribution in [2.45, 2.75) is 6.54 Å². The summed E-state index contributed by atoms with van der Waals surface area (Å²) >= 11 is 0. The molecular weight excluding hydrogens is 264 g/mol. The highest BCUT2D eigenvalue weighted by Gasteiger charge is 2.08. The Morgan fingerprint density at radius 3 is 2.71 bits per heavy atom. The van der Waals surface area contributed by atoms with Crippen molar-refractivity contribution < 1.29 is 9.47 Å². The van der Waals surface area contributed by atoms with Gasteiger partial charge >= 0.3 is 0 Å². The lowest BCUT2D eigenvalue weighted by Crippen LogP contribution is -1.96. The molecule has 0 fully saturated rings. The Labute approximate surface area is 123 Å². The normalized spacial score (nSPS) is 10.6. The first-order chi connectivity index (χ1) is 10.3. The van der Waals surface area contributed by atoms with Crippen molar-refractivity contribution in [3.63, 3.8) is 0 Å². The molecule has 0 spiro atoms. The molecule has 3 rings (SSSR count). The lowest BCUT2D eigenvalue weighted by molar-refractivity contribution is 0.419. The van der Waals surface area contributed by atoms with Gasteiger partial charge in [0.2, 0.25) is 5.88 Å². The summed E-state index contributed by atoms with van der Waals surface area (Å²) in [6, 6.07) is 15.4. The Morgan fingerprint density at radius 2 is 1.90 bits per heavy atom. The number of aromatic nitrogens is 1. The molecule has 1 heterocycles. The largest absolute Gasteiger partial charge is 0.496 e. The quantitative estimate of drug-likeness (QED) is 0.794. The smallest absolute Gasteiger partial charge is 0.227 e. The summed E-state index contributed by atoms with van der Waals surface area (Å²) in [5.41, 5.74) is 6.67. The maximum atomic E-state index is 5.91. The van der Waals surface area contributed by atoms with Crippen molar-refractivity contribution >= 4 is 10.8 Å². The molecule has 2 N–H and O–H groups in total. The third-order valence-electron chi connectivity index (χ3n) is 3.30. The second-order valence-electron chi connectivity index (χ2n) is 4.63. The van der Waals surface area contributed by atoms with Crippen LogP contribution in [0.4, 0.5) is 0 Å². The third-order valence-corrected chi connectivity index (χ3v) is 3.30. The number of methoxy groups -OCH3 is 1. The number of nitrogens with two attached hydrogens (primary N) is 1. The van der Waals surface area contributed by atoms with Crippen LogP contribution in [0.2, 0.25) is 0 Å². The van der Waals surface area contributed by atoms with Gasteiger partial charge in [0.05, 0.1) is 7.11 Å². The lowest BCUT2D eigenvalue weighted by Gasteiger charge is -2.10. The summed E-state index contributed by atoms with van der Waals surface area (Å²) in [5.74, 6) is 2.08. The molecular formula is C17H16N2O2. The van der Waals surface area contributed by atoms with E-state index in [4.69, 9.17) is 15.2 Å². The fourth-order valence-electron chi connectivity index (χ4n) is 2.26. The minimum Gasteiger partial charge on any atom is -0.496 e. The van der Waals surface area contributed by atoms with E-state index in [1.54, 1.807) is 13.3 Å². The summed E-state index contributed by atoms with van der Waals surface area (Å²) in [5, 5.41) is 1.88. The van der Waals surface area contributed by atoms with Crippen molar-refractivity contribution in [3.05, 3.63) is 60.3 Å². The van der Waals surface area contributed by atoms with Crippen molar-refractivity contribution in [2.24, 2.45) is 5.73 Å². The molecule has 0 saturated carbocycles. The molecule has 1 aromatic heterocycles. The van der Waals surface area contributed by atoms with Crippen molar-refractivity contribution in [3.8, 4) is 17.4 Å². The van der Waals surface area contributed by atoms with Crippen molar-refractivity contribution in [2.75, 3.05) is 7.11 Å². The van der Waals surface area contributed by atoms with Crippen LogP contribution in [0.25, 0.3) is 10.8 Å². The Bertz CT molecular complexity index is 772. The molecule has 2 aromatic carbocycles. The fourth-order valence-corrected chi connectivity index (χ4v) is 2.26. The molecule has 3 aromatic rings. The van der Waals surface area contributed by atoms with Crippen molar-refractivity contribution in [1.82, 2.24) is 4.98 Å². The number of benzene rings is 2. The summed E-state index contributed by atoms with van der Waals surface area (Å²) in [4.78, 5) is 4.32. The first-order valence-electron chi connectivity index (χ1n) is 6.70. The minimum absolute atomic E-state index is 0.480. The topological polar surface area (TPSA) is 57.4 Å². The van der Waals surface area contributed by atoms with E-state index in [9.17, 15) is 0 Å². The van der Waals surface area contributed by atoms with Gasteiger partial charge in [-0.05, 0) is 35.9 Å². The van der Waals surface area contributed by atoms with E-state index >= 15 is 0 Å². The van der Waals surface area contributed by atoms with Crippen LogP contribution in [0.5, 0.6) is 17.4 Å². The third kappa shape index (κ3) is 2.66. The van der Waals surface area contributed by atoms with E-state index < -0.39 is 0 Å². The molecule has 0 aliphatic heterocycles.